The van der Waals surface area contributed by atoms with Crippen molar-refractivity contribution in [3.8, 4) is 0 Å². The summed E-state index contributed by atoms with van der Waals surface area (Å²) in [5.41, 5.74) is 5.44. The van der Waals surface area contributed by atoms with Crippen LogP contribution >= 0.6 is 0 Å². The summed E-state index contributed by atoms with van der Waals surface area (Å²) in [6, 6.07) is 0. The summed E-state index contributed by atoms with van der Waals surface area (Å²) in [4.78, 5) is 2.31. The van der Waals surface area contributed by atoms with Gasteiger partial charge in [0.1, 0.15) is 0 Å². The summed E-state index contributed by atoms with van der Waals surface area (Å²) in [5, 5.41) is 15.8. The van der Waals surface area contributed by atoms with Gasteiger partial charge in [0.25, 0.3) is 0 Å². The molecular formula is C14H34N4O. The van der Waals surface area contributed by atoms with Crippen molar-refractivity contribution in [1.29, 1.82) is 0 Å². The van der Waals surface area contributed by atoms with Gasteiger partial charge in [-0.25, -0.2) is 0 Å². The van der Waals surface area contributed by atoms with E-state index in [0.717, 1.165) is 32.6 Å². The van der Waals surface area contributed by atoms with E-state index in [0.29, 0.717) is 6.54 Å². The molecule has 0 aromatic carbocycles. The number of likely N-dealkylation sites (N-methyl/N-ethyl adjacent to an activating group) is 1. The van der Waals surface area contributed by atoms with Crippen molar-refractivity contribution >= 4 is 0 Å². The highest BCUT2D eigenvalue weighted by Gasteiger charge is 2.39. The first-order chi connectivity index (χ1) is 8.79. The molecule has 0 aliphatic carbocycles. The molecule has 0 saturated heterocycles. The fraction of sp³-hybridized carbons (Fsp3) is 1.00. The lowest BCUT2D eigenvalue weighted by atomic mass is 9.81. The van der Waals surface area contributed by atoms with Crippen molar-refractivity contribution in [3.05, 3.63) is 0 Å². The zero-order chi connectivity index (χ0) is 14.9. The number of hydrogen-bond donors (Lipinski definition) is 4. The molecule has 0 saturated carbocycles. The van der Waals surface area contributed by atoms with Crippen LogP contribution in [-0.4, -0.2) is 67.5 Å². The van der Waals surface area contributed by atoms with Crippen LogP contribution in [0.4, 0.5) is 0 Å². The van der Waals surface area contributed by atoms with Crippen LogP contribution in [0.2, 0.25) is 0 Å². The van der Waals surface area contributed by atoms with Crippen LogP contribution in [0, 0.1) is 0 Å². The summed E-state index contributed by atoms with van der Waals surface area (Å²) in [7, 11) is 2.12. The molecule has 19 heavy (non-hydrogen) atoms. The predicted octanol–water partition coefficient (Wildman–Crippen LogP) is -0.00430. The number of rotatable bonds is 11. The van der Waals surface area contributed by atoms with Gasteiger partial charge >= 0.3 is 0 Å². The third-order valence-corrected chi connectivity index (χ3v) is 4.33. The van der Waals surface area contributed by atoms with E-state index < -0.39 is 0 Å². The fourth-order valence-electron chi connectivity index (χ4n) is 1.97. The Hall–Kier alpha value is -0.200. The molecule has 5 N–H and O–H groups in total. The molecule has 5 nitrogen and oxygen atoms in total. The molecule has 0 heterocycles. The summed E-state index contributed by atoms with van der Waals surface area (Å²) in [5.74, 6) is 0. The highest BCUT2D eigenvalue weighted by molar-refractivity contribution is 5.00. The van der Waals surface area contributed by atoms with Crippen LogP contribution < -0.4 is 16.4 Å². The van der Waals surface area contributed by atoms with Gasteiger partial charge in [0.05, 0.1) is 0 Å². The van der Waals surface area contributed by atoms with Crippen LogP contribution in [0.1, 0.15) is 34.1 Å². The van der Waals surface area contributed by atoms with Crippen LogP contribution in [0.5, 0.6) is 0 Å². The van der Waals surface area contributed by atoms with Crippen molar-refractivity contribution in [3.63, 3.8) is 0 Å². The molecule has 116 valence electrons. The van der Waals surface area contributed by atoms with Crippen LogP contribution in [0.25, 0.3) is 0 Å². The maximum Gasteiger partial charge on any atom is 0.0443 e. The first-order valence-electron chi connectivity index (χ1n) is 7.27. The largest absolute Gasteiger partial charge is 0.396 e. The maximum atomic E-state index is 8.95. The zero-order valence-electron chi connectivity index (χ0n) is 13.4. The van der Waals surface area contributed by atoms with Crippen molar-refractivity contribution in [2.24, 2.45) is 5.73 Å². The Kier molecular flexibility index (Phi) is 8.78. The molecule has 0 aromatic rings. The third-order valence-electron chi connectivity index (χ3n) is 4.33. The molecule has 0 aliphatic rings. The normalized spacial score (nSPS) is 13.3. The summed E-state index contributed by atoms with van der Waals surface area (Å²) < 4.78 is 0. The van der Waals surface area contributed by atoms with E-state index in [-0.39, 0.29) is 17.7 Å². The first-order valence-corrected chi connectivity index (χ1v) is 7.27. The lowest BCUT2D eigenvalue weighted by Crippen LogP contribution is -2.64. The van der Waals surface area contributed by atoms with Crippen LogP contribution in [0.3, 0.4) is 0 Å². The van der Waals surface area contributed by atoms with Gasteiger partial charge in [-0.1, -0.05) is 0 Å². The Morgan fingerprint density at radius 3 is 2.26 bits per heavy atom. The zero-order valence-corrected chi connectivity index (χ0v) is 13.4. The van der Waals surface area contributed by atoms with Gasteiger partial charge in [0.15, 0.2) is 0 Å². The highest BCUT2D eigenvalue weighted by atomic mass is 16.3. The van der Waals surface area contributed by atoms with Gasteiger partial charge in [0.2, 0.25) is 0 Å². The van der Waals surface area contributed by atoms with Gasteiger partial charge in [-0.05, 0) is 41.2 Å². The average molecular weight is 274 g/mol. The number of hydrogen-bond acceptors (Lipinski definition) is 5. The molecule has 0 unspecified atom stereocenters. The molecule has 0 aliphatic heterocycles. The van der Waals surface area contributed by atoms with Gasteiger partial charge in [-0.2, -0.15) is 0 Å². The number of aliphatic hydroxyl groups is 1. The molecular weight excluding hydrogens is 240 g/mol. The average Bonchev–Trinajstić information content (AvgIpc) is 2.35. The van der Waals surface area contributed by atoms with Gasteiger partial charge in [-0.3, -0.25) is 4.90 Å². The third kappa shape index (κ3) is 6.19. The molecule has 0 rings (SSSR count). The summed E-state index contributed by atoms with van der Waals surface area (Å²) >= 11 is 0. The number of aliphatic hydroxyl groups excluding tert-OH is 1. The van der Waals surface area contributed by atoms with E-state index in [1.807, 2.05) is 0 Å². The molecule has 5 heteroatoms. The molecule has 0 aromatic heterocycles. The standard InChI is InChI=1S/C14H34N4O/c1-13(2,17-10-9-16-8-7-15)14(3,4)18(5)11-6-12-19/h16-17,19H,6-12,15H2,1-5H3. The lowest BCUT2D eigenvalue weighted by molar-refractivity contribution is 0.0571. The SMILES string of the molecule is CN(CCCO)C(C)(C)C(C)(C)NCCNCCN. The second-order valence-electron chi connectivity index (χ2n) is 6.15. The molecule has 0 amide bonds. The van der Waals surface area contributed by atoms with E-state index in [1.165, 1.54) is 0 Å². The summed E-state index contributed by atoms with van der Waals surface area (Å²) in [6.07, 6.45) is 0.814. The first kappa shape index (κ1) is 18.8. The predicted molar refractivity (Wildman–Crippen MR) is 82.4 cm³/mol. The van der Waals surface area contributed by atoms with Crippen molar-refractivity contribution < 1.29 is 5.11 Å². The van der Waals surface area contributed by atoms with Crippen LogP contribution in [0.15, 0.2) is 0 Å². The van der Waals surface area contributed by atoms with E-state index in [2.05, 4.69) is 50.3 Å². The Balaban J connectivity index is 4.25. The van der Waals surface area contributed by atoms with Gasteiger partial charge in [-0.15, -0.1) is 0 Å². The number of nitrogens with zero attached hydrogens (tertiary/aromatic N) is 1. The van der Waals surface area contributed by atoms with E-state index in [1.54, 1.807) is 0 Å². The minimum absolute atomic E-state index is 0.00996. The molecule has 0 fully saturated rings. The van der Waals surface area contributed by atoms with E-state index in [4.69, 9.17) is 10.8 Å². The fourth-order valence-corrected chi connectivity index (χ4v) is 1.97. The monoisotopic (exact) mass is 274 g/mol. The number of nitrogens with two attached hydrogens (primary N) is 1. The molecule has 0 radical (unpaired) electrons. The second kappa shape index (κ2) is 8.87. The number of nitrogens with one attached hydrogen (secondary N) is 2. The quantitative estimate of drug-likeness (QED) is 0.399. The van der Waals surface area contributed by atoms with Crippen molar-refractivity contribution in [1.82, 2.24) is 15.5 Å². The van der Waals surface area contributed by atoms with Gasteiger partial charge < -0.3 is 21.5 Å². The smallest absolute Gasteiger partial charge is 0.0443 e. The Labute approximate surface area is 118 Å². The lowest BCUT2D eigenvalue weighted by Gasteiger charge is -2.48. The second-order valence-corrected chi connectivity index (χ2v) is 6.15. The van der Waals surface area contributed by atoms with Crippen molar-refractivity contribution in [2.75, 3.05) is 46.4 Å². The van der Waals surface area contributed by atoms with Crippen LogP contribution in [-0.2, 0) is 0 Å². The molecule has 0 bridgehead atoms. The Morgan fingerprint density at radius 1 is 1.11 bits per heavy atom. The van der Waals surface area contributed by atoms with Gasteiger partial charge in [0, 0.05) is 50.4 Å². The minimum Gasteiger partial charge on any atom is -0.396 e. The Morgan fingerprint density at radius 2 is 1.74 bits per heavy atom. The molecule has 0 spiro atoms. The van der Waals surface area contributed by atoms with E-state index in [9.17, 15) is 0 Å². The van der Waals surface area contributed by atoms with Crippen molar-refractivity contribution in [2.45, 2.75) is 45.2 Å². The maximum absolute atomic E-state index is 8.95. The topological polar surface area (TPSA) is 73.5 Å². The van der Waals surface area contributed by atoms with E-state index >= 15 is 0 Å². The minimum atomic E-state index is -0.0123. The highest BCUT2D eigenvalue weighted by Crippen LogP contribution is 2.26. The Bertz CT molecular complexity index is 231. The summed E-state index contributed by atoms with van der Waals surface area (Å²) in [6.45, 7) is 13.5. The molecule has 0 atom stereocenters.